The minimum Gasteiger partial charge on any atom is -0.378 e. The van der Waals surface area contributed by atoms with E-state index in [4.69, 9.17) is 4.74 Å². The zero-order chi connectivity index (χ0) is 19.4. The first kappa shape index (κ1) is 22.5. The summed E-state index contributed by atoms with van der Waals surface area (Å²) in [7, 11) is -3.99. The Balaban J connectivity index is 0.00000280. The number of halogens is 1. The van der Waals surface area contributed by atoms with Crippen molar-refractivity contribution in [1.29, 1.82) is 0 Å². The smallest absolute Gasteiger partial charge is 0.289 e. The van der Waals surface area contributed by atoms with E-state index in [9.17, 15) is 23.3 Å². The highest BCUT2D eigenvalue weighted by Gasteiger charge is 2.34. The van der Waals surface area contributed by atoms with E-state index in [0.29, 0.717) is 26.2 Å². The van der Waals surface area contributed by atoms with Gasteiger partial charge in [0, 0.05) is 51.3 Å². The van der Waals surface area contributed by atoms with Gasteiger partial charge in [-0.1, -0.05) is 12.1 Å². The van der Waals surface area contributed by atoms with Crippen LogP contribution in [-0.2, 0) is 19.6 Å². The molecule has 3 rings (SSSR count). The molecule has 0 radical (unpaired) electrons. The third kappa shape index (κ3) is 4.97. The van der Waals surface area contributed by atoms with Crippen LogP contribution in [0.4, 0.5) is 5.69 Å². The number of piperazine rings is 1. The Labute approximate surface area is 169 Å². The largest absolute Gasteiger partial charge is 0.378 e. The summed E-state index contributed by atoms with van der Waals surface area (Å²) in [5.41, 5.74) is -0.445. The second kappa shape index (κ2) is 9.61. The highest BCUT2D eigenvalue weighted by molar-refractivity contribution is 7.89. The maximum absolute atomic E-state index is 12.8. The number of morpholine rings is 1. The predicted molar refractivity (Wildman–Crippen MR) is 103 cm³/mol. The summed E-state index contributed by atoms with van der Waals surface area (Å²) in [5, 5.41) is 14.4. The molecule has 12 heteroatoms. The van der Waals surface area contributed by atoms with E-state index < -0.39 is 20.6 Å². The summed E-state index contributed by atoms with van der Waals surface area (Å²) in [6.07, 6.45) is 0.302. The zero-order valence-corrected chi connectivity index (χ0v) is 16.8. The Hall–Kier alpha value is -1.79. The highest BCUT2D eigenvalue weighted by atomic mass is 35.5. The van der Waals surface area contributed by atoms with Crippen LogP contribution < -0.4 is 5.32 Å². The summed E-state index contributed by atoms with van der Waals surface area (Å²) in [6, 6.07) is 5.27. The first-order chi connectivity index (χ1) is 12.9. The molecule has 10 nitrogen and oxygen atoms in total. The van der Waals surface area contributed by atoms with Gasteiger partial charge in [-0.3, -0.25) is 14.9 Å². The summed E-state index contributed by atoms with van der Waals surface area (Å²) in [5.74, 6) is -0.0549. The minimum absolute atomic E-state index is 0. The standard InChI is InChI=1S/C16H22N4O6S.ClH/c21-16(11-13-12-26-10-5-17-13)18-6-8-19(9-7-18)27(24,25)15-4-2-1-3-14(15)20(22)23;/h1-4,13,17H,5-12H2;1H. The second-order valence-electron chi connectivity index (χ2n) is 6.44. The molecule has 1 unspecified atom stereocenters. The Morgan fingerprint density at radius 2 is 1.93 bits per heavy atom. The molecule has 2 fully saturated rings. The van der Waals surface area contributed by atoms with Crippen molar-refractivity contribution >= 4 is 34.0 Å². The van der Waals surface area contributed by atoms with Crippen molar-refractivity contribution in [2.45, 2.75) is 17.4 Å². The van der Waals surface area contributed by atoms with Crippen LogP contribution in [-0.4, -0.2) is 80.4 Å². The lowest BCUT2D eigenvalue weighted by molar-refractivity contribution is -0.387. The van der Waals surface area contributed by atoms with Crippen molar-refractivity contribution in [3.8, 4) is 0 Å². The van der Waals surface area contributed by atoms with E-state index in [1.54, 1.807) is 4.90 Å². The zero-order valence-electron chi connectivity index (χ0n) is 15.2. The number of hydrogen-bond donors (Lipinski definition) is 1. The third-order valence-electron chi connectivity index (χ3n) is 4.69. The van der Waals surface area contributed by atoms with Gasteiger partial charge in [0.25, 0.3) is 5.69 Å². The van der Waals surface area contributed by atoms with Gasteiger partial charge in [0.1, 0.15) is 0 Å². The summed E-state index contributed by atoms with van der Waals surface area (Å²) < 4.78 is 32.1. The lowest BCUT2D eigenvalue weighted by Crippen LogP contribution is -2.52. The molecule has 2 saturated heterocycles. The molecule has 1 aromatic carbocycles. The lowest BCUT2D eigenvalue weighted by Gasteiger charge is -2.35. The van der Waals surface area contributed by atoms with E-state index in [0.717, 1.165) is 0 Å². The molecule has 156 valence electrons. The molecule has 1 N–H and O–H groups in total. The SMILES string of the molecule is Cl.O=C(CC1COCCN1)N1CCN(S(=O)(=O)c2ccccc2[N+](=O)[O-])CC1. The van der Waals surface area contributed by atoms with Gasteiger partial charge < -0.3 is 15.0 Å². The van der Waals surface area contributed by atoms with Crippen molar-refractivity contribution in [2.24, 2.45) is 0 Å². The van der Waals surface area contributed by atoms with Crippen LogP contribution in [0.5, 0.6) is 0 Å². The molecule has 0 aromatic heterocycles. The number of nitrogens with zero attached hydrogens (tertiary/aromatic N) is 3. The number of ether oxygens (including phenoxy) is 1. The summed E-state index contributed by atoms with van der Waals surface area (Å²) >= 11 is 0. The number of benzene rings is 1. The number of carbonyl (C=O) groups is 1. The topological polar surface area (TPSA) is 122 Å². The van der Waals surface area contributed by atoms with Crippen LogP contribution in [0.15, 0.2) is 29.2 Å². The van der Waals surface area contributed by atoms with Gasteiger partial charge in [0.2, 0.25) is 15.9 Å². The van der Waals surface area contributed by atoms with E-state index in [1.807, 2.05) is 0 Å². The minimum atomic E-state index is -3.99. The number of hydrogen-bond acceptors (Lipinski definition) is 7. The second-order valence-corrected chi connectivity index (χ2v) is 8.35. The van der Waals surface area contributed by atoms with Crippen LogP contribution >= 0.6 is 12.4 Å². The van der Waals surface area contributed by atoms with Crippen LogP contribution in [0.2, 0.25) is 0 Å². The first-order valence-corrected chi connectivity index (χ1v) is 10.2. The van der Waals surface area contributed by atoms with Gasteiger partial charge in [0.15, 0.2) is 4.90 Å². The van der Waals surface area contributed by atoms with E-state index in [1.165, 1.54) is 28.6 Å². The molecular formula is C16H23ClN4O6S. The normalized spacial score (nSPS) is 21.0. The Kier molecular flexibility index (Phi) is 7.72. The molecule has 1 atom stereocenters. The molecule has 0 bridgehead atoms. The first-order valence-electron chi connectivity index (χ1n) is 8.72. The Bertz CT molecular complexity index is 807. The van der Waals surface area contributed by atoms with Gasteiger partial charge in [0.05, 0.1) is 18.1 Å². The van der Waals surface area contributed by atoms with Crippen molar-refractivity contribution in [2.75, 3.05) is 45.9 Å². The van der Waals surface area contributed by atoms with E-state index >= 15 is 0 Å². The molecule has 0 aliphatic carbocycles. The maximum Gasteiger partial charge on any atom is 0.289 e. The number of rotatable bonds is 5. The van der Waals surface area contributed by atoms with Crippen LogP contribution in [0, 0.1) is 10.1 Å². The lowest BCUT2D eigenvalue weighted by atomic mass is 10.1. The average molecular weight is 435 g/mol. The van der Waals surface area contributed by atoms with Crippen LogP contribution in [0.25, 0.3) is 0 Å². The number of nitro benzene ring substituents is 1. The van der Waals surface area contributed by atoms with Crippen molar-refractivity contribution in [1.82, 2.24) is 14.5 Å². The molecule has 0 saturated carbocycles. The molecule has 1 amide bonds. The monoisotopic (exact) mass is 434 g/mol. The molecule has 28 heavy (non-hydrogen) atoms. The van der Waals surface area contributed by atoms with Gasteiger partial charge in [-0.15, -0.1) is 12.4 Å². The number of amides is 1. The van der Waals surface area contributed by atoms with E-state index in [-0.39, 0.29) is 55.4 Å². The van der Waals surface area contributed by atoms with Crippen molar-refractivity contribution in [3.05, 3.63) is 34.4 Å². The molecule has 1 aromatic rings. The predicted octanol–water partition coefficient (Wildman–Crippen LogP) is 0.228. The highest BCUT2D eigenvalue weighted by Crippen LogP contribution is 2.27. The van der Waals surface area contributed by atoms with Crippen molar-refractivity contribution in [3.63, 3.8) is 0 Å². The fourth-order valence-corrected chi connectivity index (χ4v) is 4.81. The molecule has 0 spiro atoms. The maximum atomic E-state index is 12.8. The van der Waals surface area contributed by atoms with Gasteiger partial charge >= 0.3 is 0 Å². The third-order valence-corrected chi connectivity index (χ3v) is 6.64. The number of carbonyl (C=O) groups excluding carboxylic acids is 1. The number of nitrogens with one attached hydrogen (secondary N) is 1. The molecule has 2 aliphatic rings. The number of sulfonamides is 1. The fraction of sp³-hybridized carbons (Fsp3) is 0.562. The average Bonchev–Trinajstić information content (AvgIpc) is 2.69. The van der Waals surface area contributed by atoms with Crippen LogP contribution in [0.1, 0.15) is 6.42 Å². The Morgan fingerprint density at radius 3 is 2.54 bits per heavy atom. The Morgan fingerprint density at radius 1 is 1.25 bits per heavy atom. The van der Waals surface area contributed by atoms with Gasteiger partial charge in [-0.25, -0.2) is 8.42 Å². The van der Waals surface area contributed by atoms with Crippen LogP contribution in [0.3, 0.4) is 0 Å². The van der Waals surface area contributed by atoms with Gasteiger partial charge in [-0.05, 0) is 6.07 Å². The quantitative estimate of drug-likeness (QED) is 0.519. The van der Waals surface area contributed by atoms with Gasteiger partial charge in [-0.2, -0.15) is 4.31 Å². The summed E-state index contributed by atoms with van der Waals surface area (Å²) in [6.45, 7) is 2.55. The number of nitro groups is 1. The fourth-order valence-electron chi connectivity index (χ4n) is 3.23. The molecular weight excluding hydrogens is 412 g/mol. The number of para-hydroxylation sites is 1. The molecule has 2 heterocycles. The summed E-state index contributed by atoms with van der Waals surface area (Å²) in [4.78, 5) is 24.1. The van der Waals surface area contributed by atoms with E-state index in [2.05, 4.69) is 5.32 Å². The van der Waals surface area contributed by atoms with Crippen molar-refractivity contribution < 1.29 is 22.9 Å². The molecule has 2 aliphatic heterocycles.